The fourth-order valence-corrected chi connectivity index (χ4v) is 3.84. The Bertz CT molecular complexity index is 887. The Morgan fingerprint density at radius 3 is 2.52 bits per heavy atom. The molecule has 0 spiro atoms. The first kappa shape index (κ1) is 19.6. The van der Waals surface area contributed by atoms with Gasteiger partial charge in [0.2, 0.25) is 11.7 Å². The molecule has 1 aliphatic heterocycles. The lowest BCUT2D eigenvalue weighted by Crippen LogP contribution is -2.35. The van der Waals surface area contributed by atoms with Crippen molar-refractivity contribution < 1.29 is 14.4 Å². The van der Waals surface area contributed by atoms with E-state index in [4.69, 9.17) is 9.26 Å². The standard InChI is InChI=1S/C23H27N3O3/c1-2-28-20-10-8-19(9-11-20)23-24-21(29-25-23)16-26-14-12-18(13-15-26)22(27)17-6-4-3-5-7-17/h3-11,18,22,27H,2,12-16H2,1H3. The number of aromatic nitrogens is 2. The third-order valence-electron chi connectivity index (χ3n) is 5.47. The molecular formula is C23H27N3O3. The van der Waals surface area contributed by atoms with Gasteiger partial charge in [-0.1, -0.05) is 35.5 Å². The molecule has 6 nitrogen and oxygen atoms in total. The van der Waals surface area contributed by atoms with E-state index in [0.717, 1.165) is 42.8 Å². The number of nitrogens with zero attached hydrogens (tertiary/aromatic N) is 3. The molecule has 6 heteroatoms. The molecule has 152 valence electrons. The molecule has 1 fully saturated rings. The van der Waals surface area contributed by atoms with Gasteiger partial charge in [-0.2, -0.15) is 4.98 Å². The molecule has 0 bridgehead atoms. The van der Waals surface area contributed by atoms with Gasteiger partial charge in [0.15, 0.2) is 0 Å². The van der Waals surface area contributed by atoms with Crippen LogP contribution in [0, 0.1) is 5.92 Å². The maximum absolute atomic E-state index is 10.6. The predicted octanol–water partition coefficient (Wildman–Crippen LogP) is 4.08. The average molecular weight is 393 g/mol. The first-order valence-electron chi connectivity index (χ1n) is 10.2. The van der Waals surface area contributed by atoms with Crippen LogP contribution in [0.25, 0.3) is 11.4 Å². The Labute approximate surface area is 171 Å². The number of rotatable bonds is 7. The van der Waals surface area contributed by atoms with Crippen molar-refractivity contribution in [3.8, 4) is 17.1 Å². The van der Waals surface area contributed by atoms with Crippen molar-refractivity contribution >= 4 is 0 Å². The van der Waals surface area contributed by atoms with Gasteiger partial charge in [0, 0.05) is 5.56 Å². The van der Waals surface area contributed by atoms with Crippen LogP contribution in [0.4, 0.5) is 0 Å². The highest BCUT2D eigenvalue weighted by Gasteiger charge is 2.27. The van der Waals surface area contributed by atoms with Gasteiger partial charge in [0.1, 0.15) is 5.75 Å². The van der Waals surface area contributed by atoms with Gasteiger partial charge in [0.25, 0.3) is 0 Å². The first-order valence-corrected chi connectivity index (χ1v) is 10.2. The van der Waals surface area contributed by atoms with Gasteiger partial charge in [-0.25, -0.2) is 0 Å². The lowest BCUT2D eigenvalue weighted by molar-refractivity contribution is 0.0538. The molecule has 0 aliphatic carbocycles. The number of hydrogen-bond acceptors (Lipinski definition) is 6. The minimum atomic E-state index is -0.395. The molecule has 1 unspecified atom stereocenters. The summed E-state index contributed by atoms with van der Waals surface area (Å²) in [4.78, 5) is 6.85. The van der Waals surface area contributed by atoms with Gasteiger partial charge in [0.05, 0.1) is 19.3 Å². The number of benzene rings is 2. The Kier molecular flexibility index (Phi) is 6.22. The van der Waals surface area contributed by atoms with Crippen LogP contribution in [0.1, 0.15) is 37.3 Å². The van der Waals surface area contributed by atoms with Crippen LogP contribution in [-0.4, -0.2) is 39.8 Å². The average Bonchev–Trinajstić information content (AvgIpc) is 3.24. The molecule has 29 heavy (non-hydrogen) atoms. The van der Waals surface area contributed by atoms with Gasteiger partial charge < -0.3 is 14.4 Å². The molecule has 1 aliphatic rings. The fourth-order valence-electron chi connectivity index (χ4n) is 3.84. The third-order valence-corrected chi connectivity index (χ3v) is 5.47. The molecule has 0 saturated carbocycles. The summed E-state index contributed by atoms with van der Waals surface area (Å²) in [6.45, 7) is 5.07. The second-order valence-electron chi connectivity index (χ2n) is 7.44. The number of ether oxygens (including phenoxy) is 1. The highest BCUT2D eigenvalue weighted by atomic mass is 16.5. The van der Waals surface area contributed by atoms with Gasteiger partial charge in [-0.05, 0) is 68.6 Å². The van der Waals surface area contributed by atoms with Crippen molar-refractivity contribution in [1.82, 2.24) is 15.0 Å². The molecule has 1 aromatic heterocycles. The minimum absolute atomic E-state index is 0.288. The van der Waals surface area contributed by atoms with Crippen LogP contribution < -0.4 is 4.74 Å². The van der Waals surface area contributed by atoms with E-state index in [-0.39, 0.29) is 5.92 Å². The van der Waals surface area contributed by atoms with Crippen molar-refractivity contribution in [3.63, 3.8) is 0 Å². The van der Waals surface area contributed by atoms with E-state index in [1.54, 1.807) is 0 Å². The Hall–Kier alpha value is -2.70. The maximum atomic E-state index is 10.6. The summed E-state index contributed by atoms with van der Waals surface area (Å²) in [6.07, 6.45) is 1.51. The smallest absolute Gasteiger partial charge is 0.241 e. The van der Waals surface area contributed by atoms with Crippen LogP contribution in [-0.2, 0) is 6.54 Å². The summed E-state index contributed by atoms with van der Waals surface area (Å²) < 4.78 is 10.9. The van der Waals surface area contributed by atoms with Gasteiger partial charge in [-0.3, -0.25) is 4.90 Å². The Morgan fingerprint density at radius 2 is 1.83 bits per heavy atom. The summed E-state index contributed by atoms with van der Waals surface area (Å²) in [6, 6.07) is 17.6. The second-order valence-corrected chi connectivity index (χ2v) is 7.44. The summed E-state index contributed by atoms with van der Waals surface area (Å²) in [5, 5.41) is 14.8. The largest absolute Gasteiger partial charge is 0.494 e. The highest BCUT2D eigenvalue weighted by Crippen LogP contribution is 2.31. The summed E-state index contributed by atoms with van der Waals surface area (Å²) in [5.74, 6) is 2.34. The molecule has 4 rings (SSSR count). The number of aliphatic hydroxyl groups is 1. The van der Waals surface area contributed by atoms with Crippen molar-refractivity contribution in [1.29, 1.82) is 0 Å². The van der Waals surface area contributed by atoms with E-state index >= 15 is 0 Å². The molecule has 1 saturated heterocycles. The van der Waals surface area contributed by atoms with Crippen LogP contribution in [0.15, 0.2) is 59.1 Å². The summed E-state index contributed by atoms with van der Waals surface area (Å²) >= 11 is 0. The lowest BCUT2D eigenvalue weighted by Gasteiger charge is -2.33. The molecule has 1 N–H and O–H groups in total. The van der Waals surface area contributed by atoms with Crippen molar-refractivity contribution in [3.05, 3.63) is 66.1 Å². The van der Waals surface area contributed by atoms with Crippen LogP contribution in [0.5, 0.6) is 5.75 Å². The molecule has 0 radical (unpaired) electrons. The fraction of sp³-hybridized carbons (Fsp3) is 0.391. The van der Waals surface area contributed by atoms with Crippen molar-refractivity contribution in [2.75, 3.05) is 19.7 Å². The maximum Gasteiger partial charge on any atom is 0.241 e. The van der Waals surface area contributed by atoms with E-state index in [1.807, 2.05) is 61.5 Å². The highest BCUT2D eigenvalue weighted by molar-refractivity contribution is 5.55. The van der Waals surface area contributed by atoms with Gasteiger partial charge in [-0.15, -0.1) is 0 Å². The monoisotopic (exact) mass is 393 g/mol. The topological polar surface area (TPSA) is 71.6 Å². The van der Waals surface area contributed by atoms with E-state index in [2.05, 4.69) is 15.0 Å². The quantitative estimate of drug-likeness (QED) is 0.652. The third kappa shape index (κ3) is 4.83. The normalized spacial score (nSPS) is 16.6. The molecular weight excluding hydrogens is 366 g/mol. The van der Waals surface area contributed by atoms with Crippen LogP contribution in [0.2, 0.25) is 0 Å². The minimum Gasteiger partial charge on any atom is -0.494 e. The number of likely N-dealkylation sites (tertiary alicyclic amines) is 1. The second kappa shape index (κ2) is 9.20. The molecule has 2 heterocycles. The van der Waals surface area contributed by atoms with Crippen LogP contribution >= 0.6 is 0 Å². The predicted molar refractivity (Wildman–Crippen MR) is 110 cm³/mol. The van der Waals surface area contributed by atoms with E-state index in [1.165, 1.54) is 0 Å². The van der Waals surface area contributed by atoms with E-state index < -0.39 is 6.10 Å². The van der Waals surface area contributed by atoms with Crippen LogP contribution in [0.3, 0.4) is 0 Å². The molecule has 1 atom stereocenters. The summed E-state index contributed by atoms with van der Waals surface area (Å²) in [5.41, 5.74) is 1.91. The first-order chi connectivity index (χ1) is 14.2. The van der Waals surface area contributed by atoms with Gasteiger partial charge >= 0.3 is 0 Å². The van der Waals surface area contributed by atoms with Crippen molar-refractivity contribution in [2.24, 2.45) is 5.92 Å². The summed E-state index contributed by atoms with van der Waals surface area (Å²) in [7, 11) is 0. The Morgan fingerprint density at radius 1 is 1.10 bits per heavy atom. The SMILES string of the molecule is CCOc1ccc(-c2noc(CN3CCC(C(O)c4ccccc4)CC3)n2)cc1. The van der Waals surface area contributed by atoms with E-state index in [9.17, 15) is 5.11 Å². The molecule has 3 aromatic rings. The van der Waals surface area contributed by atoms with Crippen molar-refractivity contribution in [2.45, 2.75) is 32.4 Å². The van der Waals surface area contributed by atoms with E-state index in [0.29, 0.717) is 24.9 Å². The number of piperidine rings is 1. The zero-order valence-electron chi connectivity index (χ0n) is 16.7. The zero-order valence-corrected chi connectivity index (χ0v) is 16.7. The number of hydrogen-bond donors (Lipinski definition) is 1. The lowest BCUT2D eigenvalue weighted by atomic mass is 9.87. The Balaban J connectivity index is 1.31. The number of aliphatic hydroxyl groups excluding tert-OH is 1. The zero-order chi connectivity index (χ0) is 20.1. The molecule has 0 amide bonds. The molecule has 2 aromatic carbocycles.